The summed E-state index contributed by atoms with van der Waals surface area (Å²) in [5, 5.41) is 3.02. The van der Waals surface area contributed by atoms with Gasteiger partial charge in [-0.2, -0.15) is 0 Å². The molecule has 2 amide bonds. The van der Waals surface area contributed by atoms with E-state index >= 15 is 0 Å². The summed E-state index contributed by atoms with van der Waals surface area (Å²) in [5.41, 5.74) is 1.98. The number of methoxy groups -OCH3 is 2. The molecule has 4 rings (SSSR count). The Labute approximate surface area is 187 Å². The highest BCUT2D eigenvalue weighted by molar-refractivity contribution is 6.14. The van der Waals surface area contributed by atoms with Crippen molar-refractivity contribution in [2.24, 2.45) is 0 Å². The summed E-state index contributed by atoms with van der Waals surface area (Å²) in [6.07, 6.45) is 0.412. The lowest BCUT2D eigenvalue weighted by Gasteiger charge is -2.44. The van der Waals surface area contributed by atoms with Gasteiger partial charge in [-0.05, 0) is 60.5 Å². The molecule has 1 atom stereocenters. The largest absolute Gasteiger partial charge is 0.497 e. The second kappa shape index (κ2) is 8.75. The lowest BCUT2D eigenvalue weighted by Crippen LogP contribution is -2.63. The van der Waals surface area contributed by atoms with Crippen LogP contribution in [0.3, 0.4) is 0 Å². The Bertz CT molecular complexity index is 1130. The van der Waals surface area contributed by atoms with Crippen LogP contribution in [0.15, 0.2) is 72.8 Å². The number of carbonyl (C=O) groups excluding carboxylic acids is 2. The molecule has 32 heavy (non-hydrogen) atoms. The van der Waals surface area contributed by atoms with Crippen molar-refractivity contribution < 1.29 is 19.1 Å². The Morgan fingerprint density at radius 1 is 0.938 bits per heavy atom. The lowest BCUT2D eigenvalue weighted by molar-refractivity contribution is -0.126. The summed E-state index contributed by atoms with van der Waals surface area (Å²) in [6, 6.07) is 22.2. The highest BCUT2D eigenvalue weighted by Crippen LogP contribution is 2.36. The third kappa shape index (κ3) is 3.91. The first-order valence-electron chi connectivity index (χ1n) is 10.4. The molecule has 1 aliphatic heterocycles. The molecule has 3 aromatic rings. The number of amides is 2. The van der Waals surface area contributed by atoms with E-state index in [4.69, 9.17) is 9.47 Å². The van der Waals surface area contributed by atoms with Gasteiger partial charge in [-0.1, -0.05) is 30.3 Å². The van der Waals surface area contributed by atoms with Crippen LogP contribution in [0, 0.1) is 0 Å². The van der Waals surface area contributed by atoms with Crippen LogP contribution in [0.25, 0.3) is 0 Å². The van der Waals surface area contributed by atoms with Crippen LogP contribution in [0.2, 0.25) is 0 Å². The Balaban J connectivity index is 1.66. The van der Waals surface area contributed by atoms with E-state index in [1.807, 2.05) is 55.5 Å². The van der Waals surface area contributed by atoms with Crippen molar-refractivity contribution in [3.05, 3.63) is 89.5 Å². The molecular formula is C26H26N2O4. The fourth-order valence-corrected chi connectivity index (χ4v) is 4.11. The number of nitrogens with zero attached hydrogens (tertiary/aromatic N) is 1. The average Bonchev–Trinajstić information content (AvgIpc) is 2.83. The number of hydrogen-bond acceptors (Lipinski definition) is 4. The van der Waals surface area contributed by atoms with E-state index in [1.54, 1.807) is 43.4 Å². The Hall–Kier alpha value is -3.80. The van der Waals surface area contributed by atoms with E-state index < -0.39 is 5.54 Å². The second-order valence-corrected chi connectivity index (χ2v) is 7.98. The highest BCUT2D eigenvalue weighted by atomic mass is 16.5. The number of anilines is 1. The van der Waals surface area contributed by atoms with Gasteiger partial charge in [0, 0.05) is 24.2 Å². The molecule has 0 saturated carbocycles. The topological polar surface area (TPSA) is 67.9 Å². The van der Waals surface area contributed by atoms with Crippen LogP contribution in [-0.4, -0.2) is 31.6 Å². The summed E-state index contributed by atoms with van der Waals surface area (Å²) in [7, 11) is 3.21. The lowest BCUT2D eigenvalue weighted by atomic mass is 9.82. The predicted octanol–water partition coefficient (Wildman–Crippen LogP) is 3.98. The first-order chi connectivity index (χ1) is 15.5. The Morgan fingerprint density at radius 3 is 2.16 bits per heavy atom. The molecule has 0 bridgehead atoms. The molecule has 0 aliphatic carbocycles. The number of fused-ring (bicyclic) bond motifs is 1. The van der Waals surface area contributed by atoms with Gasteiger partial charge in [0.15, 0.2) is 0 Å². The number of carbonyl (C=O) groups is 2. The van der Waals surface area contributed by atoms with Crippen molar-refractivity contribution in [1.29, 1.82) is 0 Å². The summed E-state index contributed by atoms with van der Waals surface area (Å²) in [5.74, 6) is 1.03. The molecule has 6 nitrogen and oxygen atoms in total. The van der Waals surface area contributed by atoms with Crippen molar-refractivity contribution in [2.45, 2.75) is 25.4 Å². The first kappa shape index (κ1) is 21.4. The molecule has 1 N–H and O–H groups in total. The van der Waals surface area contributed by atoms with Crippen LogP contribution < -0.4 is 19.7 Å². The van der Waals surface area contributed by atoms with Gasteiger partial charge >= 0.3 is 0 Å². The van der Waals surface area contributed by atoms with Gasteiger partial charge in [-0.3, -0.25) is 14.5 Å². The van der Waals surface area contributed by atoms with Crippen LogP contribution in [-0.2, 0) is 17.8 Å². The van der Waals surface area contributed by atoms with E-state index in [2.05, 4.69) is 5.32 Å². The van der Waals surface area contributed by atoms with E-state index in [0.717, 1.165) is 16.9 Å². The van der Waals surface area contributed by atoms with E-state index in [-0.39, 0.29) is 11.8 Å². The zero-order valence-electron chi connectivity index (χ0n) is 18.4. The molecule has 164 valence electrons. The fourth-order valence-electron chi connectivity index (χ4n) is 4.11. The van der Waals surface area contributed by atoms with E-state index in [0.29, 0.717) is 30.0 Å². The van der Waals surface area contributed by atoms with Crippen LogP contribution in [0.4, 0.5) is 5.69 Å². The maximum atomic E-state index is 13.5. The summed E-state index contributed by atoms with van der Waals surface area (Å²) in [4.78, 5) is 28.7. The third-order valence-electron chi connectivity index (χ3n) is 5.91. The first-order valence-corrected chi connectivity index (χ1v) is 10.4. The predicted molar refractivity (Wildman–Crippen MR) is 123 cm³/mol. The minimum absolute atomic E-state index is 0.195. The van der Waals surface area contributed by atoms with E-state index in [1.165, 1.54) is 0 Å². The monoisotopic (exact) mass is 430 g/mol. The fraction of sp³-hybridized carbons (Fsp3) is 0.231. The maximum absolute atomic E-state index is 13.5. The number of benzene rings is 3. The molecule has 1 aliphatic rings. The molecule has 0 radical (unpaired) electrons. The van der Waals surface area contributed by atoms with Gasteiger partial charge in [0.25, 0.3) is 5.91 Å². The van der Waals surface area contributed by atoms with Gasteiger partial charge in [-0.15, -0.1) is 0 Å². The molecule has 3 aromatic carbocycles. The number of ether oxygens (including phenoxy) is 2. The van der Waals surface area contributed by atoms with Crippen molar-refractivity contribution in [3.8, 4) is 11.5 Å². The molecular weight excluding hydrogens is 404 g/mol. The van der Waals surface area contributed by atoms with Crippen LogP contribution in [0.1, 0.15) is 28.4 Å². The van der Waals surface area contributed by atoms with E-state index in [9.17, 15) is 9.59 Å². The highest BCUT2D eigenvalue weighted by Gasteiger charge is 2.47. The number of nitrogens with one attached hydrogen (secondary N) is 1. The van der Waals surface area contributed by atoms with Gasteiger partial charge in [0.1, 0.15) is 17.0 Å². The normalized spacial score (nSPS) is 17.5. The zero-order valence-corrected chi connectivity index (χ0v) is 18.4. The summed E-state index contributed by atoms with van der Waals surface area (Å²) < 4.78 is 10.4. The zero-order chi connectivity index (χ0) is 22.7. The number of hydrogen-bond donors (Lipinski definition) is 1. The molecule has 0 spiro atoms. The molecule has 0 fully saturated rings. The average molecular weight is 431 g/mol. The molecule has 0 unspecified atom stereocenters. The summed E-state index contributed by atoms with van der Waals surface area (Å²) in [6.45, 7) is 2.17. The van der Waals surface area contributed by atoms with Gasteiger partial charge in [-0.25, -0.2) is 0 Å². The van der Waals surface area contributed by atoms with Crippen molar-refractivity contribution in [1.82, 2.24) is 5.32 Å². The minimum Gasteiger partial charge on any atom is -0.497 e. The number of rotatable bonds is 6. The minimum atomic E-state index is -1.09. The van der Waals surface area contributed by atoms with Crippen molar-refractivity contribution >= 4 is 17.5 Å². The molecule has 6 heteroatoms. The van der Waals surface area contributed by atoms with Gasteiger partial charge in [0.2, 0.25) is 5.91 Å². The second-order valence-electron chi connectivity index (χ2n) is 7.98. The smallest absolute Gasteiger partial charge is 0.259 e. The summed E-state index contributed by atoms with van der Waals surface area (Å²) >= 11 is 0. The van der Waals surface area contributed by atoms with Gasteiger partial charge in [0.05, 0.1) is 14.2 Å². The van der Waals surface area contributed by atoms with Crippen LogP contribution in [0.5, 0.6) is 11.5 Å². The van der Waals surface area contributed by atoms with Crippen molar-refractivity contribution in [3.63, 3.8) is 0 Å². The molecule has 1 heterocycles. The SMILES string of the molecule is COc1ccc(CNC(=O)[C@@]2(C)Cc3ccccc3C(=O)N2c2ccc(OC)cc2)cc1. The Morgan fingerprint density at radius 2 is 1.53 bits per heavy atom. The maximum Gasteiger partial charge on any atom is 0.259 e. The third-order valence-corrected chi connectivity index (χ3v) is 5.91. The molecule has 0 aromatic heterocycles. The Kier molecular flexibility index (Phi) is 5.86. The standard InChI is InChI=1S/C26H26N2O4/c1-26(25(30)27-17-18-8-12-21(31-2)13-9-18)16-19-6-4-5-7-23(19)24(29)28(26)20-10-14-22(32-3)15-11-20/h4-15H,16-17H2,1-3H3,(H,27,30)/t26-/m1/s1. The van der Waals surface area contributed by atoms with Gasteiger partial charge < -0.3 is 14.8 Å². The quantitative estimate of drug-likeness (QED) is 0.642. The van der Waals surface area contributed by atoms with Crippen LogP contribution >= 0.6 is 0 Å². The van der Waals surface area contributed by atoms with Crippen molar-refractivity contribution in [2.75, 3.05) is 19.1 Å². The molecule has 0 saturated heterocycles.